The van der Waals surface area contributed by atoms with Crippen LogP contribution in [0.2, 0.25) is 0 Å². The number of thiazole rings is 1. The Balaban J connectivity index is 1.40. The fourth-order valence-corrected chi connectivity index (χ4v) is 4.02. The lowest BCUT2D eigenvalue weighted by Gasteiger charge is -2.12. The molecule has 9 heteroatoms. The second-order valence-corrected chi connectivity index (χ2v) is 8.18. The number of rotatable bonds is 7. The summed E-state index contributed by atoms with van der Waals surface area (Å²) in [6, 6.07) is 16.0. The van der Waals surface area contributed by atoms with Gasteiger partial charge in [0.2, 0.25) is 0 Å². The second kappa shape index (κ2) is 9.66. The van der Waals surface area contributed by atoms with E-state index in [0.29, 0.717) is 27.9 Å². The summed E-state index contributed by atoms with van der Waals surface area (Å²) in [7, 11) is 1.44. The number of fused-ring (bicyclic) bond motifs is 1. The molecule has 168 valence electrons. The third-order valence-electron chi connectivity index (χ3n) is 4.68. The average Bonchev–Trinajstić information content (AvgIpc) is 3.20. The van der Waals surface area contributed by atoms with Gasteiger partial charge in [0.05, 0.1) is 17.3 Å². The molecular weight excluding hydrogens is 445 g/mol. The standard InChI is InChI=1S/C24H20FN3O4S/c1-14-3-9-18-21(11-14)33-24(27-18)28-23(30)15-4-10-19(20(12-15)31-2)32-13-22(29)26-17-7-5-16(25)6-8-17/h3-12H,13H2,1-2H3,(H,26,29)(H,27,28,30). The molecule has 0 bridgehead atoms. The molecule has 1 aromatic heterocycles. The van der Waals surface area contributed by atoms with Crippen molar-refractivity contribution in [2.75, 3.05) is 24.4 Å². The van der Waals surface area contributed by atoms with Crippen molar-refractivity contribution in [1.29, 1.82) is 0 Å². The van der Waals surface area contributed by atoms with E-state index < -0.39 is 11.7 Å². The molecule has 2 amide bonds. The maximum Gasteiger partial charge on any atom is 0.262 e. The summed E-state index contributed by atoms with van der Waals surface area (Å²) >= 11 is 1.40. The minimum Gasteiger partial charge on any atom is -0.493 e. The number of nitrogens with zero attached hydrogens (tertiary/aromatic N) is 1. The van der Waals surface area contributed by atoms with E-state index in [0.717, 1.165) is 15.8 Å². The number of nitrogens with one attached hydrogen (secondary N) is 2. The lowest BCUT2D eigenvalue weighted by atomic mass is 10.2. The first-order valence-corrected chi connectivity index (χ1v) is 10.8. The second-order valence-electron chi connectivity index (χ2n) is 7.15. The molecule has 0 aliphatic rings. The SMILES string of the molecule is COc1cc(C(=O)Nc2nc3ccc(C)cc3s2)ccc1OCC(=O)Nc1ccc(F)cc1. The van der Waals surface area contributed by atoms with Crippen LogP contribution in [0.4, 0.5) is 15.2 Å². The summed E-state index contributed by atoms with van der Waals surface area (Å²) in [6.07, 6.45) is 0. The Morgan fingerprint density at radius 3 is 2.55 bits per heavy atom. The van der Waals surface area contributed by atoms with Crippen molar-refractivity contribution in [2.24, 2.45) is 0 Å². The summed E-state index contributed by atoms with van der Waals surface area (Å²) in [6.45, 7) is 1.71. The lowest BCUT2D eigenvalue weighted by Crippen LogP contribution is -2.20. The Labute approximate surface area is 193 Å². The number of halogens is 1. The van der Waals surface area contributed by atoms with Gasteiger partial charge in [-0.05, 0) is 67.1 Å². The molecule has 0 unspecified atom stereocenters. The minimum atomic E-state index is -0.420. The van der Waals surface area contributed by atoms with Crippen LogP contribution in [-0.4, -0.2) is 30.5 Å². The molecule has 7 nitrogen and oxygen atoms in total. The quantitative estimate of drug-likeness (QED) is 0.400. The van der Waals surface area contributed by atoms with Gasteiger partial charge in [0.15, 0.2) is 23.2 Å². The van der Waals surface area contributed by atoms with Crippen LogP contribution in [0.1, 0.15) is 15.9 Å². The Bertz CT molecular complexity index is 1320. The van der Waals surface area contributed by atoms with E-state index in [9.17, 15) is 14.0 Å². The molecular formula is C24H20FN3O4S. The molecule has 2 N–H and O–H groups in total. The van der Waals surface area contributed by atoms with Crippen molar-refractivity contribution in [3.8, 4) is 11.5 Å². The average molecular weight is 466 g/mol. The Hall–Kier alpha value is -3.98. The van der Waals surface area contributed by atoms with E-state index in [1.165, 1.54) is 48.8 Å². The van der Waals surface area contributed by atoms with Crippen molar-refractivity contribution in [1.82, 2.24) is 4.98 Å². The first kappa shape index (κ1) is 22.2. The molecule has 0 aliphatic heterocycles. The van der Waals surface area contributed by atoms with E-state index in [4.69, 9.17) is 9.47 Å². The summed E-state index contributed by atoms with van der Waals surface area (Å²) in [5.74, 6) is -0.548. The van der Waals surface area contributed by atoms with Crippen molar-refractivity contribution in [3.05, 3.63) is 77.6 Å². The highest BCUT2D eigenvalue weighted by Gasteiger charge is 2.15. The number of aromatic nitrogens is 1. The number of carbonyl (C=O) groups is 2. The Morgan fingerprint density at radius 2 is 1.79 bits per heavy atom. The van der Waals surface area contributed by atoms with E-state index in [2.05, 4.69) is 15.6 Å². The molecule has 33 heavy (non-hydrogen) atoms. The molecule has 4 aromatic rings. The van der Waals surface area contributed by atoms with E-state index in [1.54, 1.807) is 12.1 Å². The number of benzene rings is 3. The van der Waals surface area contributed by atoms with Crippen LogP contribution in [0.3, 0.4) is 0 Å². The fraction of sp³-hybridized carbons (Fsp3) is 0.125. The summed E-state index contributed by atoms with van der Waals surface area (Å²) in [5.41, 5.74) is 2.75. The topological polar surface area (TPSA) is 89.6 Å². The van der Waals surface area contributed by atoms with Crippen LogP contribution in [0.15, 0.2) is 60.7 Å². The first-order valence-electron chi connectivity index (χ1n) is 9.96. The molecule has 0 spiro atoms. The summed E-state index contributed by atoms with van der Waals surface area (Å²) in [5, 5.41) is 5.91. The number of amides is 2. The Kier molecular flexibility index (Phi) is 6.50. The van der Waals surface area contributed by atoms with E-state index in [-0.39, 0.29) is 12.5 Å². The zero-order chi connectivity index (χ0) is 23.4. The lowest BCUT2D eigenvalue weighted by molar-refractivity contribution is -0.118. The fourth-order valence-electron chi connectivity index (χ4n) is 3.06. The monoisotopic (exact) mass is 465 g/mol. The number of hydrogen-bond acceptors (Lipinski definition) is 6. The van der Waals surface area contributed by atoms with Gasteiger partial charge >= 0.3 is 0 Å². The van der Waals surface area contributed by atoms with E-state index >= 15 is 0 Å². The van der Waals surface area contributed by atoms with Gasteiger partial charge in [-0.1, -0.05) is 17.4 Å². The van der Waals surface area contributed by atoms with Gasteiger partial charge < -0.3 is 14.8 Å². The van der Waals surface area contributed by atoms with Gasteiger partial charge in [0, 0.05) is 11.3 Å². The normalized spacial score (nSPS) is 10.6. The zero-order valence-corrected chi connectivity index (χ0v) is 18.7. The van der Waals surface area contributed by atoms with Crippen molar-refractivity contribution < 1.29 is 23.5 Å². The summed E-state index contributed by atoms with van der Waals surface area (Å²) < 4.78 is 24.8. The molecule has 0 aliphatic carbocycles. The van der Waals surface area contributed by atoms with Crippen LogP contribution in [-0.2, 0) is 4.79 Å². The highest BCUT2D eigenvalue weighted by atomic mass is 32.1. The molecule has 0 saturated carbocycles. The highest BCUT2D eigenvalue weighted by Crippen LogP contribution is 2.30. The van der Waals surface area contributed by atoms with Crippen LogP contribution in [0.25, 0.3) is 10.2 Å². The van der Waals surface area contributed by atoms with Gasteiger partial charge in [0.1, 0.15) is 5.82 Å². The van der Waals surface area contributed by atoms with Crippen LogP contribution in [0.5, 0.6) is 11.5 Å². The molecule has 0 fully saturated rings. The van der Waals surface area contributed by atoms with Gasteiger partial charge in [-0.25, -0.2) is 9.37 Å². The van der Waals surface area contributed by atoms with Crippen molar-refractivity contribution in [3.63, 3.8) is 0 Å². The van der Waals surface area contributed by atoms with Gasteiger partial charge in [-0.2, -0.15) is 0 Å². The maximum atomic E-state index is 13.0. The van der Waals surface area contributed by atoms with Crippen LogP contribution < -0.4 is 20.1 Å². The summed E-state index contributed by atoms with van der Waals surface area (Å²) in [4.78, 5) is 29.2. The van der Waals surface area contributed by atoms with Gasteiger partial charge in [0.25, 0.3) is 11.8 Å². The predicted octanol–water partition coefficient (Wildman–Crippen LogP) is 5.02. The molecule has 0 atom stereocenters. The zero-order valence-electron chi connectivity index (χ0n) is 17.8. The molecule has 1 heterocycles. The molecule has 0 saturated heterocycles. The third kappa shape index (κ3) is 5.45. The minimum absolute atomic E-state index is 0.287. The number of methoxy groups -OCH3 is 1. The number of ether oxygens (including phenoxy) is 2. The largest absolute Gasteiger partial charge is 0.493 e. The number of aryl methyl sites for hydroxylation is 1. The molecule has 4 rings (SSSR count). The number of hydrogen-bond donors (Lipinski definition) is 2. The first-order chi connectivity index (χ1) is 15.9. The smallest absolute Gasteiger partial charge is 0.262 e. The third-order valence-corrected chi connectivity index (χ3v) is 5.61. The molecule has 0 radical (unpaired) electrons. The Morgan fingerprint density at radius 1 is 1.00 bits per heavy atom. The van der Waals surface area contributed by atoms with Crippen LogP contribution >= 0.6 is 11.3 Å². The predicted molar refractivity (Wildman–Crippen MR) is 126 cm³/mol. The van der Waals surface area contributed by atoms with E-state index in [1.807, 2.05) is 25.1 Å². The van der Waals surface area contributed by atoms with Gasteiger partial charge in [-0.15, -0.1) is 0 Å². The highest BCUT2D eigenvalue weighted by molar-refractivity contribution is 7.22. The van der Waals surface area contributed by atoms with Crippen LogP contribution in [0, 0.1) is 12.7 Å². The molecule has 3 aromatic carbocycles. The van der Waals surface area contributed by atoms with Crippen molar-refractivity contribution in [2.45, 2.75) is 6.92 Å². The van der Waals surface area contributed by atoms with Gasteiger partial charge in [-0.3, -0.25) is 14.9 Å². The number of anilines is 2. The maximum absolute atomic E-state index is 13.0. The van der Waals surface area contributed by atoms with Crippen molar-refractivity contribution >= 4 is 44.2 Å². The number of carbonyl (C=O) groups excluding carboxylic acids is 2.